The van der Waals surface area contributed by atoms with Crippen LogP contribution in [0.1, 0.15) is 17.0 Å². The van der Waals surface area contributed by atoms with Gasteiger partial charge in [-0.25, -0.2) is 4.98 Å². The van der Waals surface area contributed by atoms with E-state index in [0.29, 0.717) is 0 Å². The molecule has 0 N–H and O–H groups in total. The zero-order valence-electron chi connectivity index (χ0n) is 15.9. The molecule has 2 heterocycles. The maximum atomic E-state index is 5.24. The minimum atomic E-state index is 0.927. The zero-order chi connectivity index (χ0) is 18.5. The second kappa shape index (κ2) is 8.83. The fourth-order valence-electron chi connectivity index (χ4n) is 3.64. The van der Waals surface area contributed by atoms with Crippen LogP contribution in [0.5, 0.6) is 5.75 Å². The summed E-state index contributed by atoms with van der Waals surface area (Å²) in [4.78, 5) is 9.89. The van der Waals surface area contributed by atoms with Crippen molar-refractivity contribution in [3.63, 3.8) is 0 Å². The number of rotatable bonds is 7. The second-order valence-electron chi connectivity index (χ2n) is 7.14. The van der Waals surface area contributed by atoms with E-state index in [1.165, 1.54) is 28.2 Å². The molecular weight excluding hydrogens is 354 g/mol. The number of para-hydroxylation sites is 1. The van der Waals surface area contributed by atoms with Crippen LogP contribution in [0.15, 0.2) is 48.5 Å². The molecule has 4 rings (SSSR count). The Labute approximate surface area is 165 Å². The Morgan fingerprint density at radius 2 is 1.70 bits per heavy atom. The van der Waals surface area contributed by atoms with Gasteiger partial charge in [-0.05, 0) is 42.8 Å². The number of fused-ring (bicyclic) bond motifs is 1. The SMILES string of the molecule is COc1ccc(CN2CCN(CCCc3nc4ccccc4s3)CC2)cc1. The number of nitrogens with zero attached hydrogens (tertiary/aromatic N) is 3. The lowest BCUT2D eigenvalue weighted by atomic mass is 10.2. The lowest BCUT2D eigenvalue weighted by molar-refractivity contribution is 0.126. The molecule has 0 spiro atoms. The molecule has 1 aromatic heterocycles. The van der Waals surface area contributed by atoms with Crippen molar-refractivity contribution in [3.05, 3.63) is 59.1 Å². The van der Waals surface area contributed by atoms with Crippen LogP contribution in [0.3, 0.4) is 0 Å². The van der Waals surface area contributed by atoms with Gasteiger partial charge >= 0.3 is 0 Å². The number of hydrogen-bond acceptors (Lipinski definition) is 5. The van der Waals surface area contributed by atoms with Gasteiger partial charge in [0.1, 0.15) is 5.75 Å². The van der Waals surface area contributed by atoms with E-state index in [9.17, 15) is 0 Å². The molecule has 2 aromatic carbocycles. The van der Waals surface area contributed by atoms with Crippen LogP contribution in [0.25, 0.3) is 10.2 Å². The Morgan fingerprint density at radius 1 is 0.963 bits per heavy atom. The standard InChI is InChI=1S/C22H27N3OS/c1-26-19-10-8-18(9-11-19)17-25-15-13-24(14-16-25)12-4-7-22-23-20-5-2-3-6-21(20)27-22/h2-3,5-6,8-11H,4,7,12-17H2,1H3. The number of aryl methyl sites for hydroxylation is 1. The highest BCUT2D eigenvalue weighted by Crippen LogP contribution is 2.22. The number of piperazine rings is 1. The molecule has 142 valence electrons. The van der Waals surface area contributed by atoms with E-state index < -0.39 is 0 Å². The Kier molecular flexibility index (Phi) is 6.02. The summed E-state index contributed by atoms with van der Waals surface area (Å²) in [5.74, 6) is 0.927. The predicted molar refractivity (Wildman–Crippen MR) is 113 cm³/mol. The molecule has 0 bridgehead atoms. The quantitative estimate of drug-likeness (QED) is 0.617. The summed E-state index contributed by atoms with van der Waals surface area (Å²) in [6.07, 6.45) is 2.28. The molecule has 0 radical (unpaired) electrons. The van der Waals surface area contributed by atoms with Gasteiger partial charge in [0, 0.05) is 39.1 Å². The molecule has 1 aliphatic rings. The topological polar surface area (TPSA) is 28.6 Å². The van der Waals surface area contributed by atoms with E-state index >= 15 is 0 Å². The number of benzene rings is 2. The lowest BCUT2D eigenvalue weighted by Gasteiger charge is -2.34. The summed E-state index contributed by atoms with van der Waals surface area (Å²) in [7, 11) is 1.71. The van der Waals surface area contributed by atoms with Gasteiger partial charge in [-0.2, -0.15) is 0 Å². The van der Waals surface area contributed by atoms with Crippen molar-refractivity contribution < 1.29 is 4.74 Å². The van der Waals surface area contributed by atoms with E-state index in [2.05, 4.69) is 46.2 Å². The number of methoxy groups -OCH3 is 1. The van der Waals surface area contributed by atoms with Crippen molar-refractivity contribution in [3.8, 4) is 5.75 Å². The van der Waals surface area contributed by atoms with Gasteiger partial charge in [0.15, 0.2) is 0 Å². The van der Waals surface area contributed by atoms with Crippen LogP contribution < -0.4 is 4.74 Å². The number of ether oxygens (including phenoxy) is 1. The normalized spacial score (nSPS) is 16.0. The first-order valence-corrected chi connectivity index (χ1v) is 10.5. The van der Waals surface area contributed by atoms with Crippen LogP contribution >= 0.6 is 11.3 Å². The molecule has 1 saturated heterocycles. The molecule has 1 fully saturated rings. The summed E-state index contributed by atoms with van der Waals surface area (Å²) in [6, 6.07) is 16.9. The van der Waals surface area contributed by atoms with Crippen molar-refractivity contribution in [2.45, 2.75) is 19.4 Å². The first kappa shape index (κ1) is 18.4. The van der Waals surface area contributed by atoms with Gasteiger partial charge in [-0.3, -0.25) is 4.90 Å². The average Bonchev–Trinajstić information content (AvgIpc) is 3.13. The molecule has 0 saturated carbocycles. The van der Waals surface area contributed by atoms with E-state index in [1.54, 1.807) is 7.11 Å². The molecule has 0 unspecified atom stereocenters. The summed E-state index contributed by atoms with van der Waals surface area (Å²) in [5, 5.41) is 1.27. The number of thiazole rings is 1. The number of aromatic nitrogens is 1. The van der Waals surface area contributed by atoms with Crippen LogP contribution in [-0.4, -0.2) is 54.6 Å². The molecule has 3 aromatic rings. The summed E-state index contributed by atoms with van der Waals surface area (Å²) >= 11 is 1.84. The zero-order valence-corrected chi connectivity index (χ0v) is 16.8. The van der Waals surface area contributed by atoms with E-state index in [0.717, 1.165) is 50.4 Å². The molecular formula is C22H27N3OS. The van der Waals surface area contributed by atoms with Gasteiger partial charge in [-0.15, -0.1) is 11.3 Å². The van der Waals surface area contributed by atoms with Crippen molar-refractivity contribution >= 4 is 21.6 Å². The average molecular weight is 382 g/mol. The predicted octanol–water partition coefficient (Wildman–Crippen LogP) is 4.06. The van der Waals surface area contributed by atoms with Gasteiger partial charge in [0.25, 0.3) is 0 Å². The number of hydrogen-bond donors (Lipinski definition) is 0. The van der Waals surface area contributed by atoms with E-state index in [-0.39, 0.29) is 0 Å². The third-order valence-electron chi connectivity index (χ3n) is 5.23. The smallest absolute Gasteiger partial charge is 0.118 e. The first-order chi connectivity index (χ1) is 13.3. The first-order valence-electron chi connectivity index (χ1n) is 9.72. The van der Waals surface area contributed by atoms with Crippen LogP contribution in [0.2, 0.25) is 0 Å². The molecule has 27 heavy (non-hydrogen) atoms. The fourth-order valence-corrected chi connectivity index (χ4v) is 4.65. The monoisotopic (exact) mass is 381 g/mol. The minimum Gasteiger partial charge on any atom is -0.497 e. The van der Waals surface area contributed by atoms with Crippen LogP contribution in [0, 0.1) is 0 Å². The highest BCUT2D eigenvalue weighted by atomic mass is 32.1. The molecule has 0 amide bonds. The van der Waals surface area contributed by atoms with Crippen molar-refractivity contribution in [1.29, 1.82) is 0 Å². The Morgan fingerprint density at radius 3 is 2.44 bits per heavy atom. The highest BCUT2D eigenvalue weighted by molar-refractivity contribution is 7.18. The van der Waals surface area contributed by atoms with Gasteiger partial charge in [0.05, 0.1) is 22.3 Å². The Bertz CT molecular complexity index is 820. The fraction of sp³-hybridized carbons (Fsp3) is 0.409. The molecule has 4 nitrogen and oxygen atoms in total. The third-order valence-corrected chi connectivity index (χ3v) is 6.33. The summed E-state index contributed by atoms with van der Waals surface area (Å²) in [6.45, 7) is 6.82. The van der Waals surface area contributed by atoms with Gasteiger partial charge < -0.3 is 9.64 Å². The van der Waals surface area contributed by atoms with Gasteiger partial charge in [0.2, 0.25) is 0 Å². The lowest BCUT2D eigenvalue weighted by Crippen LogP contribution is -2.46. The van der Waals surface area contributed by atoms with E-state index in [1.807, 2.05) is 23.5 Å². The maximum absolute atomic E-state index is 5.24. The van der Waals surface area contributed by atoms with Crippen molar-refractivity contribution in [2.75, 3.05) is 39.8 Å². The molecule has 1 aliphatic heterocycles. The molecule has 5 heteroatoms. The Balaban J connectivity index is 1.19. The minimum absolute atomic E-state index is 0.927. The molecule has 0 aliphatic carbocycles. The Hall–Kier alpha value is -1.95. The summed E-state index contributed by atoms with van der Waals surface area (Å²) in [5.41, 5.74) is 2.50. The third kappa shape index (κ3) is 4.86. The van der Waals surface area contributed by atoms with Crippen LogP contribution in [0.4, 0.5) is 0 Å². The summed E-state index contributed by atoms with van der Waals surface area (Å²) < 4.78 is 6.54. The van der Waals surface area contributed by atoms with Crippen molar-refractivity contribution in [2.24, 2.45) is 0 Å². The van der Waals surface area contributed by atoms with Crippen molar-refractivity contribution in [1.82, 2.24) is 14.8 Å². The molecule has 0 atom stereocenters. The van der Waals surface area contributed by atoms with Crippen LogP contribution in [-0.2, 0) is 13.0 Å². The van der Waals surface area contributed by atoms with Gasteiger partial charge in [-0.1, -0.05) is 24.3 Å². The second-order valence-corrected chi connectivity index (χ2v) is 8.26. The maximum Gasteiger partial charge on any atom is 0.118 e. The highest BCUT2D eigenvalue weighted by Gasteiger charge is 2.16. The largest absolute Gasteiger partial charge is 0.497 e. The van der Waals surface area contributed by atoms with E-state index in [4.69, 9.17) is 9.72 Å².